The smallest absolute Gasteiger partial charge is 0.219 e. The Kier molecular flexibility index (Phi) is 4.82. The summed E-state index contributed by atoms with van der Waals surface area (Å²) in [5, 5.41) is 4.30. The predicted octanol–water partition coefficient (Wildman–Crippen LogP) is 2.11. The summed E-state index contributed by atoms with van der Waals surface area (Å²) >= 11 is 4.81. The van der Waals surface area contributed by atoms with Crippen LogP contribution >= 0.6 is 12.2 Å². The van der Waals surface area contributed by atoms with Crippen LogP contribution in [-0.2, 0) is 16.6 Å². The van der Waals surface area contributed by atoms with Crippen LogP contribution in [0.25, 0.3) is 0 Å². The van der Waals surface area contributed by atoms with E-state index in [1.165, 1.54) is 11.1 Å². The van der Waals surface area contributed by atoms with Gasteiger partial charge in [-0.1, -0.05) is 12.2 Å². The lowest BCUT2D eigenvalue weighted by molar-refractivity contribution is -0.131. The summed E-state index contributed by atoms with van der Waals surface area (Å²) in [4.78, 5) is 14.3. The Labute approximate surface area is 175 Å². The minimum atomic E-state index is -0.408. The van der Waals surface area contributed by atoms with E-state index in [0.29, 0.717) is 18.0 Å². The maximum absolute atomic E-state index is 12.3. The van der Waals surface area contributed by atoms with E-state index in [1.54, 1.807) is 21.1 Å². The molecule has 1 heterocycles. The molecule has 0 saturated carbocycles. The SMILES string of the molecule is COc1cc2c3c(c1OC)C1(C=CC(=NNC(N)=S)C=C1)C[C@@H]3N(C(C)=O)CC2. The van der Waals surface area contributed by atoms with Gasteiger partial charge in [-0.25, -0.2) is 0 Å². The van der Waals surface area contributed by atoms with Crippen molar-refractivity contribution in [1.82, 2.24) is 10.3 Å². The van der Waals surface area contributed by atoms with Gasteiger partial charge in [0.05, 0.1) is 26.0 Å². The van der Waals surface area contributed by atoms with Crippen molar-refractivity contribution in [3.05, 3.63) is 47.1 Å². The van der Waals surface area contributed by atoms with Gasteiger partial charge in [-0.15, -0.1) is 0 Å². The molecule has 1 aliphatic heterocycles. The quantitative estimate of drug-likeness (QED) is 0.584. The van der Waals surface area contributed by atoms with Gasteiger partial charge in [0, 0.05) is 24.4 Å². The van der Waals surface area contributed by atoms with E-state index >= 15 is 0 Å². The highest BCUT2D eigenvalue weighted by Gasteiger charge is 2.49. The number of nitrogens with one attached hydrogen (secondary N) is 1. The van der Waals surface area contributed by atoms with Crippen LogP contribution in [0.15, 0.2) is 35.5 Å². The van der Waals surface area contributed by atoms with Crippen molar-refractivity contribution < 1.29 is 14.3 Å². The molecule has 3 aliphatic rings. The number of allylic oxidation sites excluding steroid dienone is 4. The highest BCUT2D eigenvalue weighted by molar-refractivity contribution is 7.80. The minimum Gasteiger partial charge on any atom is -0.493 e. The molecule has 8 heteroatoms. The number of amides is 1. The molecular weight excluding hydrogens is 388 g/mol. The van der Waals surface area contributed by atoms with Crippen LogP contribution < -0.4 is 20.6 Å². The maximum atomic E-state index is 12.3. The summed E-state index contributed by atoms with van der Waals surface area (Å²) in [5.41, 5.74) is 11.8. The van der Waals surface area contributed by atoms with Gasteiger partial charge in [-0.05, 0) is 54.4 Å². The Morgan fingerprint density at radius 2 is 2.07 bits per heavy atom. The molecule has 1 atom stereocenters. The highest BCUT2D eigenvalue weighted by atomic mass is 32.1. The van der Waals surface area contributed by atoms with E-state index in [1.807, 2.05) is 17.1 Å². The van der Waals surface area contributed by atoms with Gasteiger partial charge in [0.1, 0.15) is 0 Å². The molecule has 1 aromatic carbocycles. The third-order valence-corrected chi connectivity index (χ3v) is 6.02. The van der Waals surface area contributed by atoms with Crippen LogP contribution in [0.4, 0.5) is 0 Å². The molecule has 2 aliphatic carbocycles. The van der Waals surface area contributed by atoms with Gasteiger partial charge >= 0.3 is 0 Å². The van der Waals surface area contributed by atoms with Crippen LogP contribution in [0.1, 0.15) is 36.1 Å². The first-order chi connectivity index (χ1) is 13.9. The molecule has 0 fully saturated rings. The van der Waals surface area contributed by atoms with Crippen molar-refractivity contribution in [1.29, 1.82) is 0 Å². The van der Waals surface area contributed by atoms with Gasteiger partial charge in [-0.3, -0.25) is 10.2 Å². The van der Waals surface area contributed by atoms with Crippen LogP contribution in [-0.4, -0.2) is 42.4 Å². The second-order valence-electron chi connectivity index (χ2n) is 7.46. The number of fused-ring (bicyclic) bond motifs is 1. The number of carbonyl (C=O) groups excluding carboxylic acids is 1. The lowest BCUT2D eigenvalue weighted by atomic mass is 9.77. The van der Waals surface area contributed by atoms with Crippen molar-refractivity contribution in [2.24, 2.45) is 10.8 Å². The zero-order valence-electron chi connectivity index (χ0n) is 16.7. The number of nitrogens with two attached hydrogens (primary N) is 1. The molecule has 3 N–H and O–H groups in total. The van der Waals surface area contributed by atoms with Gasteiger partial charge in [0.2, 0.25) is 5.91 Å². The summed E-state index contributed by atoms with van der Waals surface area (Å²) < 4.78 is 11.4. The van der Waals surface area contributed by atoms with Gasteiger partial charge in [0.25, 0.3) is 0 Å². The fraction of sp³-hybridized carbons (Fsp3) is 0.381. The van der Waals surface area contributed by atoms with E-state index in [4.69, 9.17) is 27.4 Å². The Morgan fingerprint density at radius 1 is 1.34 bits per heavy atom. The molecule has 0 saturated heterocycles. The first-order valence-electron chi connectivity index (χ1n) is 9.47. The minimum absolute atomic E-state index is 0.00795. The van der Waals surface area contributed by atoms with Crippen LogP contribution in [0.3, 0.4) is 0 Å². The van der Waals surface area contributed by atoms with Crippen molar-refractivity contribution in [2.45, 2.75) is 31.2 Å². The molecule has 0 unspecified atom stereocenters. The molecule has 0 bridgehead atoms. The van der Waals surface area contributed by atoms with Crippen molar-refractivity contribution in [3.63, 3.8) is 0 Å². The Hall–Kier alpha value is -2.87. The lowest BCUT2D eigenvalue weighted by Gasteiger charge is -2.35. The molecule has 1 spiro atoms. The Balaban J connectivity index is 1.87. The predicted molar refractivity (Wildman–Crippen MR) is 115 cm³/mol. The number of hydrazone groups is 1. The number of benzene rings is 1. The Morgan fingerprint density at radius 3 is 2.66 bits per heavy atom. The second kappa shape index (κ2) is 7.18. The molecule has 152 valence electrons. The number of hydrogen-bond donors (Lipinski definition) is 2. The highest BCUT2D eigenvalue weighted by Crippen LogP contribution is 2.58. The average Bonchev–Trinajstić information content (AvgIpc) is 3.03. The van der Waals surface area contributed by atoms with Crippen molar-refractivity contribution in [3.8, 4) is 11.5 Å². The maximum Gasteiger partial charge on any atom is 0.219 e. The van der Waals surface area contributed by atoms with Gasteiger partial charge in [0.15, 0.2) is 16.6 Å². The largest absolute Gasteiger partial charge is 0.493 e. The molecule has 29 heavy (non-hydrogen) atoms. The zero-order chi connectivity index (χ0) is 20.8. The van der Waals surface area contributed by atoms with Crippen LogP contribution in [0.2, 0.25) is 0 Å². The first-order valence-corrected chi connectivity index (χ1v) is 9.88. The fourth-order valence-electron chi connectivity index (χ4n) is 4.75. The Bertz CT molecular complexity index is 967. The lowest BCUT2D eigenvalue weighted by Crippen LogP contribution is -2.38. The number of rotatable bonds is 3. The summed E-state index contributed by atoms with van der Waals surface area (Å²) in [6, 6.07) is 2.06. The summed E-state index contributed by atoms with van der Waals surface area (Å²) in [6.07, 6.45) is 9.65. The molecule has 0 aromatic heterocycles. The molecule has 4 rings (SSSR count). The van der Waals surface area contributed by atoms with Crippen LogP contribution in [0, 0.1) is 0 Å². The average molecular weight is 413 g/mol. The standard InChI is InChI=1S/C21H24N4O3S/c1-12(26)25-9-6-13-10-16(27-2)19(28-3)18-17(13)15(25)11-21(18)7-4-14(5-8-21)23-24-20(22)29/h4-5,7-8,10,15H,6,9,11H2,1-3H3,(H3,22,24,29)/t15-,21?/m0/s1. The normalized spacial score (nSPS) is 23.8. The topological polar surface area (TPSA) is 89.2 Å². The molecule has 7 nitrogen and oxygen atoms in total. The number of ether oxygens (including phenoxy) is 2. The van der Waals surface area contributed by atoms with Gasteiger partial charge < -0.3 is 20.1 Å². The molecular formula is C21H24N4O3S. The van der Waals surface area contributed by atoms with E-state index in [-0.39, 0.29) is 17.1 Å². The first kappa shape index (κ1) is 19.4. The third kappa shape index (κ3) is 3.07. The second-order valence-corrected chi connectivity index (χ2v) is 7.90. The number of carbonyl (C=O) groups is 1. The zero-order valence-corrected chi connectivity index (χ0v) is 17.5. The summed E-state index contributed by atoms with van der Waals surface area (Å²) in [5.74, 6) is 1.52. The van der Waals surface area contributed by atoms with E-state index in [0.717, 1.165) is 24.2 Å². The number of thiocarbonyl (C=S) groups is 1. The molecule has 0 radical (unpaired) electrons. The number of methoxy groups -OCH3 is 2. The van der Waals surface area contributed by atoms with Gasteiger partial charge in [-0.2, -0.15) is 5.10 Å². The molecule has 1 amide bonds. The van der Waals surface area contributed by atoms with E-state index in [9.17, 15) is 4.79 Å². The van der Waals surface area contributed by atoms with E-state index in [2.05, 4.69) is 28.7 Å². The number of nitrogens with zero attached hydrogens (tertiary/aromatic N) is 2. The monoisotopic (exact) mass is 412 g/mol. The summed E-state index contributed by atoms with van der Waals surface area (Å²) in [6.45, 7) is 2.34. The number of hydrogen-bond acceptors (Lipinski definition) is 5. The van der Waals surface area contributed by atoms with Crippen molar-refractivity contribution in [2.75, 3.05) is 20.8 Å². The molecule has 1 aromatic rings. The fourth-order valence-corrected chi connectivity index (χ4v) is 4.80. The van der Waals surface area contributed by atoms with Crippen LogP contribution in [0.5, 0.6) is 11.5 Å². The summed E-state index contributed by atoms with van der Waals surface area (Å²) in [7, 11) is 3.31. The third-order valence-electron chi connectivity index (χ3n) is 5.93. The van der Waals surface area contributed by atoms with Crippen molar-refractivity contribution >= 4 is 28.9 Å². The van der Waals surface area contributed by atoms with E-state index < -0.39 is 5.41 Å².